The lowest BCUT2D eigenvalue weighted by atomic mass is 9.90. The highest BCUT2D eigenvalue weighted by Gasteiger charge is 2.19. The average Bonchev–Trinajstić information content (AvgIpc) is 2.06. The summed E-state index contributed by atoms with van der Waals surface area (Å²) in [7, 11) is 2.25. The molecule has 11 heavy (non-hydrogen) atoms. The molecule has 0 N–H and O–H groups in total. The predicted octanol–water partition coefficient (Wildman–Crippen LogP) is 2.54. The fourth-order valence-corrected chi connectivity index (χ4v) is 2.35. The summed E-state index contributed by atoms with van der Waals surface area (Å²) in [4.78, 5) is 2.47. The van der Waals surface area contributed by atoms with E-state index in [1.54, 1.807) is 11.3 Å². The van der Waals surface area contributed by atoms with Gasteiger partial charge in [0.1, 0.15) is 0 Å². The lowest BCUT2D eigenvalue weighted by Gasteiger charge is -2.33. The molecule has 0 aromatic heterocycles. The van der Waals surface area contributed by atoms with E-state index >= 15 is 0 Å². The van der Waals surface area contributed by atoms with Gasteiger partial charge in [0.15, 0.2) is 0 Å². The van der Waals surface area contributed by atoms with Gasteiger partial charge in [0.05, 0.1) is 0 Å². The lowest BCUT2D eigenvalue weighted by molar-refractivity contribution is 0.341. The molecule has 0 spiro atoms. The van der Waals surface area contributed by atoms with Gasteiger partial charge in [0, 0.05) is 19.3 Å². The monoisotopic (exact) mass is 151 g/mol. The highest BCUT2D eigenvalue weighted by Crippen LogP contribution is 2.32. The molecule has 0 saturated carbocycles. The predicted molar refractivity (Wildman–Crippen MR) is 47.4 cm³/mol. The molecule has 0 atom stereocenters. The molecular formula is C10H17N. The second-order valence-corrected chi connectivity index (χ2v) is 3.78. The molecule has 1 heterocycles. The Morgan fingerprint density at radius 3 is 2.55 bits per heavy atom. The molecule has 1 aliphatic heterocycles. The first-order chi connectivity index (χ1) is 5.38. The van der Waals surface area contributed by atoms with E-state index in [9.17, 15) is 0 Å². The van der Waals surface area contributed by atoms with Crippen LogP contribution in [0, 0.1) is 0 Å². The van der Waals surface area contributed by atoms with Gasteiger partial charge in [-0.15, -0.1) is 0 Å². The molecule has 0 amide bonds. The zero-order valence-electron chi connectivity index (χ0n) is 7.40. The standard InChI is InChI=1S/C10H17N/c1-11-8-4-6-9-5-2-3-7-10(9)11/h2-8H2,1H3. The second kappa shape index (κ2) is 2.88. The first-order valence-electron chi connectivity index (χ1n) is 4.80. The maximum absolute atomic E-state index is 2.47. The molecule has 2 rings (SSSR count). The zero-order chi connectivity index (χ0) is 7.68. The smallest absolute Gasteiger partial charge is 0.0174 e. The molecule has 0 bridgehead atoms. The Morgan fingerprint density at radius 2 is 1.73 bits per heavy atom. The Morgan fingerprint density at radius 1 is 1.00 bits per heavy atom. The van der Waals surface area contributed by atoms with Gasteiger partial charge in [0.25, 0.3) is 0 Å². The Hall–Kier alpha value is -0.460. The van der Waals surface area contributed by atoms with Crippen LogP contribution in [0.5, 0.6) is 0 Å². The van der Waals surface area contributed by atoms with Gasteiger partial charge in [-0.1, -0.05) is 5.57 Å². The Bertz CT molecular complexity index is 177. The van der Waals surface area contributed by atoms with Crippen molar-refractivity contribution in [2.45, 2.75) is 38.5 Å². The van der Waals surface area contributed by atoms with E-state index in [2.05, 4.69) is 11.9 Å². The van der Waals surface area contributed by atoms with E-state index in [1.165, 1.54) is 45.1 Å². The summed E-state index contributed by atoms with van der Waals surface area (Å²) in [6.07, 6.45) is 8.37. The highest BCUT2D eigenvalue weighted by atomic mass is 15.1. The summed E-state index contributed by atoms with van der Waals surface area (Å²) in [5, 5.41) is 0. The number of hydrogen-bond donors (Lipinski definition) is 0. The van der Waals surface area contributed by atoms with Crippen LogP contribution in [0.1, 0.15) is 38.5 Å². The first-order valence-corrected chi connectivity index (χ1v) is 4.80. The summed E-state index contributed by atoms with van der Waals surface area (Å²) >= 11 is 0. The quantitative estimate of drug-likeness (QED) is 0.514. The molecule has 0 radical (unpaired) electrons. The Balaban J connectivity index is 2.21. The fraction of sp³-hybridized carbons (Fsp3) is 0.800. The molecule has 0 fully saturated rings. The van der Waals surface area contributed by atoms with Crippen molar-refractivity contribution in [1.29, 1.82) is 0 Å². The molecule has 0 aromatic carbocycles. The van der Waals surface area contributed by atoms with Crippen LogP contribution >= 0.6 is 0 Å². The first kappa shape index (κ1) is 7.20. The summed E-state index contributed by atoms with van der Waals surface area (Å²) in [6.45, 7) is 1.29. The molecule has 0 saturated heterocycles. The van der Waals surface area contributed by atoms with Crippen molar-refractivity contribution in [2.24, 2.45) is 0 Å². The SMILES string of the molecule is CN1CCCC2=C1CCCC2. The van der Waals surface area contributed by atoms with E-state index in [1.807, 2.05) is 0 Å². The topological polar surface area (TPSA) is 3.24 Å². The van der Waals surface area contributed by atoms with Crippen LogP contribution < -0.4 is 0 Å². The molecule has 0 unspecified atom stereocenters. The van der Waals surface area contributed by atoms with E-state index in [0.717, 1.165) is 0 Å². The van der Waals surface area contributed by atoms with E-state index in [4.69, 9.17) is 0 Å². The normalized spacial score (nSPS) is 25.4. The van der Waals surface area contributed by atoms with Crippen molar-refractivity contribution in [2.75, 3.05) is 13.6 Å². The molecule has 2 aliphatic rings. The number of allylic oxidation sites excluding steroid dienone is 2. The molecule has 1 nitrogen and oxygen atoms in total. The fourth-order valence-electron chi connectivity index (χ4n) is 2.35. The van der Waals surface area contributed by atoms with Crippen molar-refractivity contribution in [3.05, 3.63) is 11.3 Å². The maximum Gasteiger partial charge on any atom is 0.0174 e. The van der Waals surface area contributed by atoms with Crippen LogP contribution in [0.15, 0.2) is 11.3 Å². The van der Waals surface area contributed by atoms with Crippen LogP contribution in [0.2, 0.25) is 0 Å². The highest BCUT2D eigenvalue weighted by molar-refractivity contribution is 5.18. The van der Waals surface area contributed by atoms with Crippen molar-refractivity contribution < 1.29 is 0 Å². The minimum atomic E-state index is 1.29. The summed E-state index contributed by atoms with van der Waals surface area (Å²) in [6, 6.07) is 0. The van der Waals surface area contributed by atoms with Gasteiger partial charge in [0.2, 0.25) is 0 Å². The summed E-state index contributed by atoms with van der Waals surface area (Å²) in [5.41, 5.74) is 3.45. The number of hydrogen-bond acceptors (Lipinski definition) is 1. The summed E-state index contributed by atoms with van der Waals surface area (Å²) in [5.74, 6) is 0. The van der Waals surface area contributed by atoms with Crippen molar-refractivity contribution >= 4 is 0 Å². The maximum atomic E-state index is 2.47. The van der Waals surface area contributed by atoms with Gasteiger partial charge in [-0.3, -0.25) is 0 Å². The van der Waals surface area contributed by atoms with Crippen LogP contribution in [0.3, 0.4) is 0 Å². The average molecular weight is 151 g/mol. The van der Waals surface area contributed by atoms with Crippen LogP contribution in [-0.4, -0.2) is 18.5 Å². The lowest BCUT2D eigenvalue weighted by Crippen LogP contribution is -2.26. The van der Waals surface area contributed by atoms with E-state index in [-0.39, 0.29) is 0 Å². The third kappa shape index (κ3) is 1.29. The minimum absolute atomic E-state index is 1.29. The van der Waals surface area contributed by atoms with Crippen LogP contribution in [-0.2, 0) is 0 Å². The largest absolute Gasteiger partial charge is 0.378 e. The Labute approximate surface area is 69.1 Å². The minimum Gasteiger partial charge on any atom is -0.378 e. The van der Waals surface area contributed by atoms with Gasteiger partial charge in [-0.2, -0.15) is 0 Å². The summed E-state index contributed by atoms with van der Waals surface area (Å²) < 4.78 is 0. The van der Waals surface area contributed by atoms with Crippen LogP contribution in [0.25, 0.3) is 0 Å². The van der Waals surface area contributed by atoms with E-state index in [0.29, 0.717) is 0 Å². The van der Waals surface area contributed by atoms with Crippen LogP contribution in [0.4, 0.5) is 0 Å². The molecular weight excluding hydrogens is 134 g/mol. The molecule has 62 valence electrons. The van der Waals surface area contributed by atoms with Gasteiger partial charge in [-0.25, -0.2) is 0 Å². The number of rotatable bonds is 0. The van der Waals surface area contributed by atoms with Crippen molar-refractivity contribution in [3.8, 4) is 0 Å². The Kier molecular flexibility index (Phi) is 1.89. The second-order valence-electron chi connectivity index (χ2n) is 3.78. The third-order valence-electron chi connectivity index (χ3n) is 2.98. The zero-order valence-corrected chi connectivity index (χ0v) is 7.40. The molecule has 1 heteroatoms. The third-order valence-corrected chi connectivity index (χ3v) is 2.98. The van der Waals surface area contributed by atoms with Gasteiger partial charge < -0.3 is 4.90 Å². The van der Waals surface area contributed by atoms with Crippen molar-refractivity contribution in [1.82, 2.24) is 4.90 Å². The van der Waals surface area contributed by atoms with Crippen molar-refractivity contribution in [3.63, 3.8) is 0 Å². The number of nitrogens with zero attached hydrogens (tertiary/aromatic N) is 1. The molecule has 0 aromatic rings. The van der Waals surface area contributed by atoms with Gasteiger partial charge >= 0.3 is 0 Å². The van der Waals surface area contributed by atoms with E-state index < -0.39 is 0 Å². The van der Waals surface area contributed by atoms with Gasteiger partial charge in [-0.05, 0) is 38.5 Å². The molecule has 1 aliphatic carbocycles.